The molecule has 7 nitrogen and oxygen atoms in total. The van der Waals surface area contributed by atoms with Crippen molar-refractivity contribution < 1.29 is 24.3 Å². The molecule has 7 heteroatoms. The Bertz CT molecular complexity index is 844. The number of nitrogens with zero attached hydrogens (tertiary/aromatic N) is 2. The van der Waals surface area contributed by atoms with Gasteiger partial charge in [-0.2, -0.15) is 5.06 Å². The Labute approximate surface area is 184 Å². The van der Waals surface area contributed by atoms with Crippen molar-refractivity contribution in [1.29, 1.82) is 0 Å². The second kappa shape index (κ2) is 8.90. The van der Waals surface area contributed by atoms with Crippen molar-refractivity contribution >= 4 is 11.5 Å². The molecule has 0 aromatic heterocycles. The van der Waals surface area contributed by atoms with Crippen LogP contribution in [0.4, 0.5) is 0 Å². The van der Waals surface area contributed by atoms with Crippen molar-refractivity contribution in [3.63, 3.8) is 0 Å². The first-order valence-electron chi connectivity index (χ1n) is 11.2. The molecule has 1 aromatic rings. The van der Waals surface area contributed by atoms with Crippen molar-refractivity contribution in [2.75, 3.05) is 40.0 Å². The van der Waals surface area contributed by atoms with Crippen molar-refractivity contribution in [2.24, 2.45) is 5.92 Å². The number of amides is 1. The van der Waals surface area contributed by atoms with Gasteiger partial charge in [0.2, 0.25) is 0 Å². The first kappa shape index (κ1) is 22.3. The summed E-state index contributed by atoms with van der Waals surface area (Å²) in [5.41, 5.74) is 3.44. The van der Waals surface area contributed by atoms with Crippen molar-refractivity contribution in [3.8, 4) is 0 Å². The van der Waals surface area contributed by atoms with E-state index in [1.807, 2.05) is 25.8 Å². The zero-order chi connectivity index (χ0) is 22.2. The fourth-order valence-electron chi connectivity index (χ4n) is 5.31. The zero-order valence-corrected chi connectivity index (χ0v) is 19.1. The van der Waals surface area contributed by atoms with Gasteiger partial charge in [-0.05, 0) is 63.1 Å². The van der Waals surface area contributed by atoms with Crippen LogP contribution in [-0.4, -0.2) is 66.7 Å². The molecule has 1 spiro atoms. The number of aliphatic hydroxyl groups is 1. The van der Waals surface area contributed by atoms with E-state index >= 15 is 0 Å². The molecule has 31 heavy (non-hydrogen) atoms. The Balaban J connectivity index is 1.69. The maximum atomic E-state index is 13.7. The molecule has 1 amide bonds. The van der Waals surface area contributed by atoms with Gasteiger partial charge in [0.1, 0.15) is 11.3 Å². The lowest BCUT2D eigenvalue weighted by Crippen LogP contribution is -2.55. The predicted molar refractivity (Wildman–Crippen MR) is 117 cm³/mol. The predicted octanol–water partition coefficient (Wildman–Crippen LogP) is 3.48. The molecule has 170 valence electrons. The summed E-state index contributed by atoms with van der Waals surface area (Å²) in [5, 5.41) is 14.9. The summed E-state index contributed by atoms with van der Waals surface area (Å²) in [4.78, 5) is 25.3. The number of ether oxygens (including phenoxy) is 1. The molecule has 4 rings (SSSR count). The van der Waals surface area contributed by atoms with E-state index in [2.05, 4.69) is 12.1 Å². The summed E-state index contributed by atoms with van der Waals surface area (Å²) in [6.45, 7) is 9.09. The van der Waals surface area contributed by atoms with Gasteiger partial charge < -0.3 is 14.7 Å². The number of aliphatic hydroxyl groups excluding tert-OH is 1. The zero-order valence-electron chi connectivity index (χ0n) is 19.1. The molecule has 0 radical (unpaired) electrons. The Morgan fingerprint density at radius 1 is 1.19 bits per heavy atom. The fourth-order valence-corrected chi connectivity index (χ4v) is 5.31. The standard InChI is InChI=1S/C24H34N2O5/c1-16-12-17(2)20(18(3)13-16)21-22(27)24(7-9-25(29-4)10-8-24)26(23(21)28)31-15-19-6-5-11-30-14-19/h12-13,19,27H,5-11,14-15H2,1-4H3. The lowest BCUT2D eigenvalue weighted by Gasteiger charge is -2.43. The fraction of sp³-hybridized carbons (Fsp3) is 0.625. The van der Waals surface area contributed by atoms with E-state index in [0.717, 1.165) is 41.7 Å². The highest BCUT2D eigenvalue weighted by Gasteiger charge is 2.55. The third kappa shape index (κ3) is 4.00. The molecule has 2 fully saturated rings. The number of piperidine rings is 1. The van der Waals surface area contributed by atoms with E-state index in [1.165, 1.54) is 5.06 Å². The minimum Gasteiger partial charge on any atom is -0.509 e. The minimum absolute atomic E-state index is 0.128. The van der Waals surface area contributed by atoms with Gasteiger partial charge in [0.15, 0.2) is 0 Å². The smallest absolute Gasteiger partial charge is 0.282 e. The SMILES string of the molecule is CON1CCC2(CC1)C(O)=C(c1c(C)cc(C)cc1C)C(=O)N2OCC1CCCOC1. The van der Waals surface area contributed by atoms with Crippen molar-refractivity contribution in [1.82, 2.24) is 10.1 Å². The molecule has 3 aliphatic rings. The van der Waals surface area contributed by atoms with E-state index in [-0.39, 0.29) is 17.6 Å². The molecule has 3 heterocycles. The largest absolute Gasteiger partial charge is 0.509 e. The highest BCUT2D eigenvalue weighted by molar-refractivity contribution is 6.23. The maximum Gasteiger partial charge on any atom is 0.282 e. The molecule has 0 aliphatic carbocycles. The molecule has 1 atom stereocenters. The number of hydrogen-bond donors (Lipinski definition) is 1. The summed E-state index contributed by atoms with van der Waals surface area (Å²) in [6, 6.07) is 4.11. The number of hydroxylamine groups is 4. The van der Waals surface area contributed by atoms with Gasteiger partial charge in [0.05, 0.1) is 25.9 Å². The van der Waals surface area contributed by atoms with Gasteiger partial charge in [-0.1, -0.05) is 17.7 Å². The van der Waals surface area contributed by atoms with Crippen LogP contribution in [0.15, 0.2) is 17.9 Å². The van der Waals surface area contributed by atoms with E-state index < -0.39 is 5.54 Å². The van der Waals surface area contributed by atoms with Crippen LogP contribution in [0.1, 0.15) is 47.9 Å². The Morgan fingerprint density at radius 3 is 2.45 bits per heavy atom. The lowest BCUT2D eigenvalue weighted by molar-refractivity contribution is -0.239. The summed E-state index contributed by atoms with van der Waals surface area (Å²) >= 11 is 0. The van der Waals surface area contributed by atoms with Crippen LogP contribution in [0, 0.1) is 26.7 Å². The van der Waals surface area contributed by atoms with Crippen molar-refractivity contribution in [2.45, 2.75) is 52.0 Å². The first-order chi connectivity index (χ1) is 14.9. The first-order valence-corrected chi connectivity index (χ1v) is 11.2. The van der Waals surface area contributed by atoms with Crippen LogP contribution in [0.5, 0.6) is 0 Å². The number of carbonyl (C=O) groups is 1. The van der Waals surface area contributed by atoms with Gasteiger partial charge in [-0.3, -0.25) is 9.63 Å². The number of aryl methyl sites for hydroxylation is 3. The highest BCUT2D eigenvalue weighted by atomic mass is 16.7. The Kier molecular flexibility index (Phi) is 6.40. The van der Waals surface area contributed by atoms with E-state index in [9.17, 15) is 9.90 Å². The van der Waals surface area contributed by atoms with Crippen LogP contribution in [0.2, 0.25) is 0 Å². The van der Waals surface area contributed by atoms with E-state index in [1.54, 1.807) is 7.11 Å². The Morgan fingerprint density at radius 2 is 1.87 bits per heavy atom. The highest BCUT2D eigenvalue weighted by Crippen LogP contribution is 2.46. The lowest BCUT2D eigenvalue weighted by atomic mass is 9.85. The summed E-state index contributed by atoms with van der Waals surface area (Å²) < 4.78 is 5.58. The second-order valence-corrected chi connectivity index (χ2v) is 9.12. The van der Waals surface area contributed by atoms with Crippen molar-refractivity contribution in [3.05, 3.63) is 40.1 Å². The number of hydrogen-bond acceptors (Lipinski definition) is 6. The molecular weight excluding hydrogens is 396 g/mol. The normalized spacial score (nSPS) is 24.5. The van der Waals surface area contributed by atoms with E-state index in [0.29, 0.717) is 44.7 Å². The van der Waals surface area contributed by atoms with Gasteiger partial charge in [-0.15, -0.1) is 0 Å². The second-order valence-electron chi connectivity index (χ2n) is 9.12. The molecule has 3 aliphatic heterocycles. The van der Waals surface area contributed by atoms with Gasteiger partial charge in [-0.25, -0.2) is 5.06 Å². The molecule has 2 saturated heterocycles. The van der Waals surface area contributed by atoms with Crippen LogP contribution in [0.25, 0.3) is 5.57 Å². The molecule has 0 saturated carbocycles. The molecule has 0 bridgehead atoms. The van der Waals surface area contributed by atoms with Gasteiger partial charge in [0.25, 0.3) is 5.91 Å². The van der Waals surface area contributed by atoms with Crippen LogP contribution in [-0.2, 0) is 19.2 Å². The quantitative estimate of drug-likeness (QED) is 0.771. The number of benzene rings is 1. The monoisotopic (exact) mass is 430 g/mol. The topological polar surface area (TPSA) is 71.5 Å². The average Bonchev–Trinajstić information content (AvgIpc) is 2.94. The molecule has 1 unspecified atom stereocenters. The minimum atomic E-state index is -0.860. The molecular formula is C24H34N2O5. The maximum absolute atomic E-state index is 13.7. The number of rotatable bonds is 5. The Hall–Kier alpha value is -1.93. The van der Waals surface area contributed by atoms with Crippen LogP contribution in [0.3, 0.4) is 0 Å². The number of carbonyl (C=O) groups excluding carboxylic acids is 1. The van der Waals surface area contributed by atoms with Crippen LogP contribution >= 0.6 is 0 Å². The molecule has 1 aromatic carbocycles. The van der Waals surface area contributed by atoms with E-state index in [4.69, 9.17) is 14.4 Å². The molecule has 1 N–H and O–H groups in total. The van der Waals surface area contributed by atoms with Gasteiger partial charge in [0, 0.05) is 25.6 Å². The average molecular weight is 431 g/mol. The summed E-state index contributed by atoms with van der Waals surface area (Å²) in [6.07, 6.45) is 3.13. The summed E-state index contributed by atoms with van der Waals surface area (Å²) in [7, 11) is 1.65. The van der Waals surface area contributed by atoms with Crippen LogP contribution < -0.4 is 0 Å². The van der Waals surface area contributed by atoms with Gasteiger partial charge >= 0.3 is 0 Å². The third-order valence-electron chi connectivity index (χ3n) is 6.89. The summed E-state index contributed by atoms with van der Waals surface area (Å²) in [5.74, 6) is 0.130. The third-order valence-corrected chi connectivity index (χ3v) is 6.89.